The molecule has 14 heteroatoms. The Labute approximate surface area is 281 Å². The highest BCUT2D eigenvalue weighted by Gasteiger charge is 2.44. The van der Waals surface area contributed by atoms with Gasteiger partial charge in [-0.05, 0) is 49.4 Å². The van der Waals surface area contributed by atoms with E-state index < -0.39 is 34.4 Å². The second-order valence-corrected chi connectivity index (χ2v) is 14.6. The van der Waals surface area contributed by atoms with Gasteiger partial charge in [0.1, 0.15) is 6.10 Å². The Balaban J connectivity index is 1.39. The summed E-state index contributed by atoms with van der Waals surface area (Å²) >= 11 is 0. The van der Waals surface area contributed by atoms with E-state index in [0.717, 1.165) is 12.0 Å². The molecule has 1 aromatic heterocycles. The number of aliphatic imine (C=N–C) groups is 1. The lowest BCUT2D eigenvalue weighted by Gasteiger charge is -2.31. The number of rotatable bonds is 15. The van der Waals surface area contributed by atoms with Gasteiger partial charge in [0.2, 0.25) is 10.0 Å². The van der Waals surface area contributed by atoms with Crippen molar-refractivity contribution in [1.29, 1.82) is 0 Å². The average Bonchev–Trinajstić information content (AvgIpc) is 3.75. The van der Waals surface area contributed by atoms with Gasteiger partial charge in [0.15, 0.2) is 12.2 Å². The van der Waals surface area contributed by atoms with Crippen LogP contribution in [0.1, 0.15) is 38.3 Å². The summed E-state index contributed by atoms with van der Waals surface area (Å²) in [5.41, 5.74) is 2.33. The van der Waals surface area contributed by atoms with E-state index in [2.05, 4.69) is 15.3 Å². The van der Waals surface area contributed by atoms with E-state index in [9.17, 15) is 23.4 Å². The number of ether oxygens (including phenoxy) is 4. The first-order chi connectivity index (χ1) is 23.0. The normalized spacial score (nSPS) is 21.1. The summed E-state index contributed by atoms with van der Waals surface area (Å²) in [6, 6.07) is 13.0. The minimum Gasteiger partial charge on any atom is -0.494 e. The van der Waals surface area contributed by atoms with Crippen molar-refractivity contribution in [2.45, 2.75) is 63.0 Å². The SMILES string of the molecule is COCCN=C(C)c1c(O)[nH]c2ccc(S(=O)(=O)N(CC(C)C)C[C@@H](O)[C@H](Cc3ccccc3)NC(=O)O[C@H]3COC4OCCC43)cc12. The van der Waals surface area contributed by atoms with Crippen molar-refractivity contribution in [2.24, 2.45) is 16.8 Å². The van der Waals surface area contributed by atoms with Crippen molar-refractivity contribution in [2.75, 3.05) is 46.6 Å². The van der Waals surface area contributed by atoms with Crippen LogP contribution in [0, 0.1) is 11.8 Å². The zero-order valence-electron chi connectivity index (χ0n) is 27.8. The van der Waals surface area contributed by atoms with E-state index in [1.165, 1.54) is 16.4 Å². The summed E-state index contributed by atoms with van der Waals surface area (Å²) in [7, 11) is -2.58. The number of benzene rings is 2. The average molecular weight is 687 g/mol. The number of aliphatic hydroxyl groups excluding tert-OH is 1. The summed E-state index contributed by atoms with van der Waals surface area (Å²) in [5.74, 6) is -0.248. The number of nitrogens with zero attached hydrogens (tertiary/aromatic N) is 2. The molecular weight excluding hydrogens is 640 g/mol. The Bertz CT molecular complexity index is 1680. The molecule has 0 radical (unpaired) electrons. The van der Waals surface area contributed by atoms with Crippen molar-refractivity contribution >= 4 is 32.7 Å². The highest BCUT2D eigenvalue weighted by Crippen LogP contribution is 2.33. The molecule has 2 aliphatic heterocycles. The highest BCUT2D eigenvalue weighted by molar-refractivity contribution is 7.89. The first kappa shape index (κ1) is 35.8. The van der Waals surface area contributed by atoms with Gasteiger partial charge in [-0.2, -0.15) is 4.31 Å². The van der Waals surface area contributed by atoms with Gasteiger partial charge in [-0.15, -0.1) is 0 Å². The van der Waals surface area contributed by atoms with E-state index in [1.54, 1.807) is 20.1 Å². The number of nitrogens with one attached hydrogen (secondary N) is 2. The number of aliphatic hydroxyl groups is 1. The van der Waals surface area contributed by atoms with E-state index >= 15 is 0 Å². The molecule has 3 aromatic rings. The van der Waals surface area contributed by atoms with E-state index in [0.29, 0.717) is 41.9 Å². The summed E-state index contributed by atoms with van der Waals surface area (Å²) in [6.45, 7) is 6.88. The smallest absolute Gasteiger partial charge is 0.407 e. The molecular formula is C34H46N4O9S. The van der Waals surface area contributed by atoms with Crippen LogP contribution in [0.3, 0.4) is 0 Å². The lowest BCUT2D eigenvalue weighted by atomic mass is 10.0. The van der Waals surface area contributed by atoms with E-state index in [4.69, 9.17) is 18.9 Å². The molecule has 0 spiro atoms. The number of aromatic amines is 1. The van der Waals surface area contributed by atoms with Crippen LogP contribution in [-0.2, 0) is 35.4 Å². The van der Waals surface area contributed by atoms with Crippen LogP contribution in [0.4, 0.5) is 4.79 Å². The maximum Gasteiger partial charge on any atom is 0.407 e. The Morgan fingerprint density at radius 1 is 1.17 bits per heavy atom. The number of H-pyrrole nitrogens is 1. The summed E-state index contributed by atoms with van der Waals surface area (Å²) in [4.78, 5) is 20.5. The number of aromatic hydroxyl groups is 1. The fourth-order valence-electron chi connectivity index (χ4n) is 6.25. The van der Waals surface area contributed by atoms with Crippen molar-refractivity contribution < 1.29 is 42.4 Å². The van der Waals surface area contributed by atoms with Crippen LogP contribution in [0.5, 0.6) is 5.88 Å². The standard InChI is InChI=1S/C34H46N4O9S/c1-21(2)18-38(48(42,43)24-10-11-27-26(17-24)31(32(40)36-27)22(3)35-13-15-44-4)19-29(39)28(16-23-8-6-5-7-9-23)37-34(41)47-30-20-46-33-25(30)12-14-45-33/h5-11,17,21,25,28-30,33,36,39-40H,12-16,18-20H2,1-4H3,(H,37,41)/t25?,28-,29+,30-,33?/m0/s1. The molecule has 262 valence electrons. The zero-order chi connectivity index (χ0) is 34.4. The molecule has 2 unspecified atom stereocenters. The van der Waals surface area contributed by atoms with Crippen LogP contribution in [0.15, 0.2) is 58.4 Å². The molecule has 13 nitrogen and oxygen atoms in total. The zero-order valence-corrected chi connectivity index (χ0v) is 28.6. The minimum absolute atomic E-state index is 0.00524. The molecule has 2 aromatic carbocycles. The van der Waals surface area contributed by atoms with Gasteiger partial charge >= 0.3 is 6.09 Å². The maximum atomic E-state index is 14.2. The largest absolute Gasteiger partial charge is 0.494 e. The van der Waals surface area contributed by atoms with E-state index in [-0.39, 0.29) is 55.0 Å². The van der Waals surface area contributed by atoms with Crippen LogP contribution >= 0.6 is 0 Å². The van der Waals surface area contributed by atoms with Crippen LogP contribution in [0.25, 0.3) is 10.9 Å². The Hall–Kier alpha value is -3.53. The predicted octanol–water partition coefficient (Wildman–Crippen LogP) is 3.44. The first-order valence-electron chi connectivity index (χ1n) is 16.3. The molecule has 2 aliphatic rings. The Kier molecular flexibility index (Phi) is 11.8. The lowest BCUT2D eigenvalue weighted by Crippen LogP contribution is -2.51. The molecule has 4 N–H and O–H groups in total. The molecule has 1 amide bonds. The molecule has 5 atom stereocenters. The summed E-state index contributed by atoms with van der Waals surface area (Å²) in [5, 5.41) is 25.6. The Morgan fingerprint density at radius 2 is 1.94 bits per heavy atom. The molecule has 3 heterocycles. The summed E-state index contributed by atoms with van der Waals surface area (Å²) in [6.07, 6.45) is -1.92. The minimum atomic E-state index is -4.16. The molecule has 0 aliphatic carbocycles. The van der Waals surface area contributed by atoms with Crippen LogP contribution < -0.4 is 5.32 Å². The van der Waals surface area contributed by atoms with Gasteiger partial charge in [0.05, 0.1) is 54.9 Å². The fourth-order valence-corrected chi connectivity index (χ4v) is 7.90. The number of fused-ring (bicyclic) bond motifs is 2. The van der Waals surface area contributed by atoms with Crippen LogP contribution in [0.2, 0.25) is 0 Å². The van der Waals surface area contributed by atoms with Gasteiger partial charge in [-0.1, -0.05) is 44.2 Å². The number of hydrogen-bond donors (Lipinski definition) is 4. The number of carbonyl (C=O) groups is 1. The number of methoxy groups -OCH3 is 1. The topological polar surface area (TPSA) is 172 Å². The van der Waals surface area contributed by atoms with Crippen molar-refractivity contribution in [1.82, 2.24) is 14.6 Å². The number of carbonyl (C=O) groups excluding carboxylic acids is 1. The summed E-state index contributed by atoms with van der Waals surface area (Å²) < 4.78 is 51.6. The monoisotopic (exact) mass is 686 g/mol. The maximum absolute atomic E-state index is 14.2. The molecule has 0 saturated carbocycles. The number of alkyl carbamates (subject to hydrolysis) is 1. The second-order valence-electron chi connectivity index (χ2n) is 12.7. The van der Waals surface area contributed by atoms with Gasteiger partial charge < -0.3 is 39.5 Å². The van der Waals surface area contributed by atoms with Crippen molar-refractivity contribution in [3.05, 3.63) is 59.7 Å². The first-order valence-corrected chi connectivity index (χ1v) is 17.7. The second kappa shape index (κ2) is 15.8. The fraction of sp³-hybridized carbons (Fsp3) is 0.529. The van der Waals surface area contributed by atoms with Crippen molar-refractivity contribution in [3.63, 3.8) is 0 Å². The van der Waals surface area contributed by atoms with Crippen molar-refractivity contribution in [3.8, 4) is 5.88 Å². The van der Waals surface area contributed by atoms with Gasteiger partial charge in [-0.25, -0.2) is 13.2 Å². The van der Waals surface area contributed by atoms with Gasteiger partial charge in [-0.3, -0.25) is 4.99 Å². The van der Waals surface area contributed by atoms with Crippen LogP contribution in [-0.4, -0.2) is 111 Å². The number of aromatic nitrogens is 1. The molecule has 48 heavy (non-hydrogen) atoms. The Morgan fingerprint density at radius 3 is 2.67 bits per heavy atom. The van der Waals surface area contributed by atoms with Gasteiger partial charge in [0.25, 0.3) is 0 Å². The lowest BCUT2D eigenvalue weighted by molar-refractivity contribution is -0.0907. The highest BCUT2D eigenvalue weighted by atomic mass is 32.2. The third-order valence-corrected chi connectivity index (χ3v) is 10.5. The van der Waals surface area contributed by atoms with Gasteiger partial charge in [0, 0.05) is 36.8 Å². The number of sulfonamides is 1. The molecule has 0 bridgehead atoms. The third kappa shape index (κ3) is 8.36. The molecule has 2 saturated heterocycles. The molecule has 5 rings (SSSR count). The molecule has 2 fully saturated rings. The van der Waals surface area contributed by atoms with E-state index in [1.807, 2.05) is 44.2 Å². The number of hydrogen-bond acceptors (Lipinski definition) is 10. The number of amides is 1. The quantitative estimate of drug-likeness (QED) is 0.138. The third-order valence-electron chi connectivity index (χ3n) is 8.66. The predicted molar refractivity (Wildman–Crippen MR) is 180 cm³/mol.